The first-order valence-corrected chi connectivity index (χ1v) is 10.8. The van der Waals surface area contributed by atoms with Crippen LogP contribution in [0.2, 0.25) is 0 Å². The van der Waals surface area contributed by atoms with Gasteiger partial charge in [0.15, 0.2) is 17.5 Å². The van der Waals surface area contributed by atoms with Gasteiger partial charge >= 0.3 is 0 Å². The van der Waals surface area contributed by atoms with Crippen LogP contribution in [0.4, 0.5) is 4.39 Å². The van der Waals surface area contributed by atoms with Crippen LogP contribution in [0.25, 0.3) is 0 Å². The molecule has 2 aromatic carbocycles. The fourth-order valence-corrected chi connectivity index (χ4v) is 4.06. The van der Waals surface area contributed by atoms with E-state index in [1.165, 1.54) is 5.56 Å². The van der Waals surface area contributed by atoms with Gasteiger partial charge in [-0.05, 0) is 61.6 Å². The second-order valence-corrected chi connectivity index (χ2v) is 8.09. The molecule has 2 aliphatic heterocycles. The SMILES string of the molecule is CCNC(=NCc1ccc(C)c(F)c1)NCC1(c2ccc3c(c2)OCO3)CCOCC1. The van der Waals surface area contributed by atoms with Crippen molar-refractivity contribution in [3.05, 3.63) is 58.9 Å². The van der Waals surface area contributed by atoms with Crippen LogP contribution in [-0.2, 0) is 16.7 Å². The number of ether oxygens (including phenoxy) is 3. The largest absolute Gasteiger partial charge is 0.454 e. The molecule has 4 rings (SSSR count). The summed E-state index contributed by atoms with van der Waals surface area (Å²) in [4.78, 5) is 4.67. The van der Waals surface area contributed by atoms with E-state index in [0.29, 0.717) is 31.9 Å². The zero-order valence-electron chi connectivity index (χ0n) is 18.2. The van der Waals surface area contributed by atoms with Crippen LogP contribution < -0.4 is 20.1 Å². The predicted octanol–water partition coefficient (Wildman–Crippen LogP) is 3.67. The Morgan fingerprint density at radius 2 is 1.87 bits per heavy atom. The van der Waals surface area contributed by atoms with Crippen LogP contribution in [-0.4, -0.2) is 39.1 Å². The third-order valence-electron chi connectivity index (χ3n) is 6.03. The minimum absolute atomic E-state index is 0.0919. The summed E-state index contributed by atoms with van der Waals surface area (Å²) >= 11 is 0. The van der Waals surface area contributed by atoms with Gasteiger partial charge in [-0.15, -0.1) is 0 Å². The molecule has 2 N–H and O–H groups in total. The van der Waals surface area contributed by atoms with Gasteiger partial charge in [0.25, 0.3) is 0 Å². The first-order valence-electron chi connectivity index (χ1n) is 10.8. The molecule has 2 aliphatic rings. The fraction of sp³-hybridized carbons (Fsp3) is 0.458. The number of benzene rings is 2. The smallest absolute Gasteiger partial charge is 0.231 e. The predicted molar refractivity (Wildman–Crippen MR) is 118 cm³/mol. The number of guanidine groups is 1. The number of aryl methyl sites for hydroxylation is 1. The van der Waals surface area contributed by atoms with E-state index in [-0.39, 0.29) is 18.0 Å². The maximum absolute atomic E-state index is 13.9. The van der Waals surface area contributed by atoms with E-state index in [1.807, 2.05) is 19.1 Å². The lowest BCUT2D eigenvalue weighted by atomic mass is 9.74. The topological polar surface area (TPSA) is 64.1 Å². The number of nitrogens with zero attached hydrogens (tertiary/aromatic N) is 1. The molecule has 0 amide bonds. The van der Waals surface area contributed by atoms with Gasteiger partial charge < -0.3 is 24.8 Å². The van der Waals surface area contributed by atoms with Crippen molar-refractivity contribution in [2.45, 2.75) is 38.6 Å². The molecule has 166 valence electrons. The van der Waals surface area contributed by atoms with Crippen LogP contribution in [0.15, 0.2) is 41.4 Å². The monoisotopic (exact) mass is 427 g/mol. The van der Waals surface area contributed by atoms with Gasteiger partial charge in [-0.1, -0.05) is 18.2 Å². The maximum atomic E-state index is 13.9. The standard InChI is InChI=1S/C24H30FN3O3/c1-3-26-23(27-14-18-5-4-17(2)20(25)12-18)28-15-24(8-10-29-11-9-24)19-6-7-21-22(13-19)31-16-30-21/h4-7,12-13H,3,8-11,14-16H2,1-2H3,(H2,26,27,28). The molecule has 6 nitrogen and oxygen atoms in total. The van der Waals surface area contributed by atoms with Gasteiger partial charge in [0.2, 0.25) is 6.79 Å². The molecule has 2 heterocycles. The summed E-state index contributed by atoms with van der Waals surface area (Å²) in [6, 6.07) is 11.5. The van der Waals surface area contributed by atoms with E-state index in [2.05, 4.69) is 27.8 Å². The minimum Gasteiger partial charge on any atom is -0.454 e. The first kappa shape index (κ1) is 21.4. The summed E-state index contributed by atoms with van der Waals surface area (Å²) in [5.74, 6) is 2.11. The van der Waals surface area contributed by atoms with E-state index < -0.39 is 0 Å². The lowest BCUT2D eigenvalue weighted by Gasteiger charge is -2.38. The van der Waals surface area contributed by atoms with Crippen molar-refractivity contribution in [1.82, 2.24) is 10.6 Å². The molecule has 0 bridgehead atoms. The van der Waals surface area contributed by atoms with Crippen molar-refractivity contribution in [2.24, 2.45) is 4.99 Å². The highest BCUT2D eigenvalue weighted by Gasteiger charge is 2.35. The third kappa shape index (κ3) is 4.93. The van der Waals surface area contributed by atoms with Gasteiger partial charge in [-0.25, -0.2) is 9.38 Å². The van der Waals surface area contributed by atoms with Gasteiger partial charge in [0, 0.05) is 31.7 Å². The molecule has 31 heavy (non-hydrogen) atoms. The Bertz CT molecular complexity index is 942. The van der Waals surface area contributed by atoms with E-state index in [0.717, 1.165) is 42.4 Å². The first-order chi connectivity index (χ1) is 15.1. The Hall–Kier alpha value is -2.80. The molecule has 0 aromatic heterocycles. The van der Waals surface area contributed by atoms with Crippen molar-refractivity contribution in [3.8, 4) is 11.5 Å². The van der Waals surface area contributed by atoms with Gasteiger partial charge in [-0.2, -0.15) is 0 Å². The van der Waals surface area contributed by atoms with Gasteiger partial charge in [-0.3, -0.25) is 0 Å². The number of aliphatic imine (C=N–C) groups is 1. The molecule has 7 heteroatoms. The maximum Gasteiger partial charge on any atom is 0.231 e. The molecule has 1 saturated heterocycles. The summed E-state index contributed by atoms with van der Waals surface area (Å²) in [5, 5.41) is 6.81. The zero-order chi connectivity index (χ0) is 21.7. The summed E-state index contributed by atoms with van der Waals surface area (Å²) < 4.78 is 30.6. The average molecular weight is 428 g/mol. The summed E-state index contributed by atoms with van der Waals surface area (Å²) in [5.41, 5.74) is 2.61. The highest BCUT2D eigenvalue weighted by Crippen LogP contribution is 2.40. The molecular weight excluding hydrogens is 397 g/mol. The summed E-state index contributed by atoms with van der Waals surface area (Å²) in [7, 11) is 0. The fourth-order valence-electron chi connectivity index (χ4n) is 4.06. The number of fused-ring (bicyclic) bond motifs is 1. The number of hydrogen-bond donors (Lipinski definition) is 2. The Morgan fingerprint density at radius 3 is 2.65 bits per heavy atom. The van der Waals surface area contributed by atoms with Crippen molar-refractivity contribution in [1.29, 1.82) is 0 Å². The minimum atomic E-state index is -0.199. The summed E-state index contributed by atoms with van der Waals surface area (Å²) in [6.07, 6.45) is 1.81. The highest BCUT2D eigenvalue weighted by atomic mass is 19.1. The van der Waals surface area contributed by atoms with Crippen molar-refractivity contribution >= 4 is 5.96 Å². The normalized spacial score (nSPS) is 17.5. The quantitative estimate of drug-likeness (QED) is 0.544. The highest BCUT2D eigenvalue weighted by molar-refractivity contribution is 5.79. The molecule has 0 unspecified atom stereocenters. The van der Waals surface area contributed by atoms with Gasteiger partial charge in [0.1, 0.15) is 5.82 Å². The molecule has 0 aliphatic carbocycles. The molecule has 1 fully saturated rings. The van der Waals surface area contributed by atoms with Crippen LogP contribution in [0.3, 0.4) is 0 Å². The Kier molecular flexibility index (Phi) is 6.61. The van der Waals surface area contributed by atoms with Crippen LogP contribution >= 0.6 is 0 Å². The van der Waals surface area contributed by atoms with Crippen molar-refractivity contribution in [3.63, 3.8) is 0 Å². The molecule has 2 aromatic rings. The van der Waals surface area contributed by atoms with E-state index in [1.54, 1.807) is 19.1 Å². The number of nitrogens with one attached hydrogen (secondary N) is 2. The van der Waals surface area contributed by atoms with Crippen LogP contribution in [0.5, 0.6) is 11.5 Å². The second kappa shape index (κ2) is 9.56. The molecule has 0 saturated carbocycles. The number of hydrogen-bond acceptors (Lipinski definition) is 4. The Morgan fingerprint density at radius 1 is 1.06 bits per heavy atom. The lowest BCUT2D eigenvalue weighted by Crippen LogP contribution is -2.48. The van der Waals surface area contributed by atoms with Crippen molar-refractivity contribution < 1.29 is 18.6 Å². The molecule has 0 atom stereocenters. The molecular formula is C24H30FN3O3. The summed E-state index contributed by atoms with van der Waals surface area (Å²) in [6.45, 7) is 7.36. The van der Waals surface area contributed by atoms with E-state index in [4.69, 9.17) is 14.2 Å². The molecule has 0 spiro atoms. The Balaban J connectivity index is 1.51. The zero-order valence-corrected chi connectivity index (χ0v) is 18.2. The lowest BCUT2D eigenvalue weighted by molar-refractivity contribution is 0.0513. The van der Waals surface area contributed by atoms with E-state index >= 15 is 0 Å². The Labute approximate surface area is 182 Å². The second-order valence-electron chi connectivity index (χ2n) is 8.09. The third-order valence-corrected chi connectivity index (χ3v) is 6.03. The van der Waals surface area contributed by atoms with Crippen molar-refractivity contribution in [2.75, 3.05) is 33.1 Å². The number of rotatable bonds is 6. The molecule has 0 radical (unpaired) electrons. The van der Waals surface area contributed by atoms with Crippen LogP contribution in [0, 0.1) is 12.7 Å². The van der Waals surface area contributed by atoms with E-state index in [9.17, 15) is 4.39 Å². The van der Waals surface area contributed by atoms with Gasteiger partial charge in [0.05, 0.1) is 6.54 Å². The number of halogens is 1. The average Bonchev–Trinajstić information content (AvgIpc) is 3.26. The van der Waals surface area contributed by atoms with Crippen LogP contribution in [0.1, 0.15) is 36.5 Å².